The van der Waals surface area contributed by atoms with E-state index < -0.39 is 0 Å². The second-order valence-electron chi connectivity index (χ2n) is 3.69. The molecule has 4 heteroatoms. The summed E-state index contributed by atoms with van der Waals surface area (Å²) in [7, 11) is 2.01. The second-order valence-corrected chi connectivity index (χ2v) is 6.04. The Morgan fingerprint density at radius 1 is 1.12 bits per heavy atom. The lowest BCUT2D eigenvalue weighted by Gasteiger charge is -2.14. The van der Waals surface area contributed by atoms with E-state index in [1.165, 1.54) is 19.6 Å². The predicted molar refractivity (Wildman–Crippen MR) is 72.7 cm³/mol. The summed E-state index contributed by atoms with van der Waals surface area (Å²) >= 11 is 3.59. The van der Waals surface area contributed by atoms with E-state index in [0.29, 0.717) is 6.54 Å². The maximum atomic E-state index is 8.89. The smallest absolute Gasteiger partial charge is 0.0913 e. The van der Waals surface area contributed by atoms with Gasteiger partial charge in [-0.15, -0.1) is 22.7 Å². The first-order valence-corrected chi connectivity index (χ1v) is 6.82. The summed E-state index contributed by atoms with van der Waals surface area (Å²) in [4.78, 5) is 6.05. The largest absolute Gasteiger partial charge is 0.395 e. The summed E-state index contributed by atoms with van der Waals surface area (Å²) in [6.45, 7) is 3.01. The van der Waals surface area contributed by atoms with Crippen LogP contribution in [0.15, 0.2) is 24.3 Å². The molecule has 0 saturated heterocycles. The van der Waals surface area contributed by atoms with Crippen LogP contribution in [0.1, 0.15) is 4.88 Å². The first kappa shape index (κ1) is 11.6. The van der Waals surface area contributed by atoms with Crippen LogP contribution in [-0.2, 0) is 0 Å². The van der Waals surface area contributed by atoms with E-state index in [-0.39, 0.29) is 6.61 Å². The van der Waals surface area contributed by atoms with E-state index in [1.54, 1.807) is 11.3 Å². The highest BCUT2D eigenvalue weighted by Gasteiger charge is 2.07. The van der Waals surface area contributed by atoms with Crippen LogP contribution in [0.25, 0.3) is 9.75 Å². The van der Waals surface area contributed by atoms with Gasteiger partial charge in [0.1, 0.15) is 0 Å². The Morgan fingerprint density at radius 3 is 2.44 bits per heavy atom. The lowest BCUT2D eigenvalue weighted by molar-refractivity contribution is 0.304. The minimum atomic E-state index is 0.196. The van der Waals surface area contributed by atoms with Crippen LogP contribution in [0, 0.1) is 6.92 Å². The van der Waals surface area contributed by atoms with Crippen molar-refractivity contribution in [1.82, 2.24) is 0 Å². The third-order valence-corrected chi connectivity index (χ3v) is 4.78. The molecule has 0 aliphatic rings. The molecule has 2 aromatic heterocycles. The number of aliphatic hydroxyl groups excluding tert-OH is 1. The SMILES string of the molecule is Cc1ccc(-c2ccc(N(C)CCO)s2)s1. The zero-order valence-corrected chi connectivity index (χ0v) is 11.1. The topological polar surface area (TPSA) is 23.5 Å². The highest BCUT2D eigenvalue weighted by molar-refractivity contribution is 7.24. The lowest BCUT2D eigenvalue weighted by Crippen LogP contribution is -2.19. The van der Waals surface area contributed by atoms with Crippen molar-refractivity contribution in [3.63, 3.8) is 0 Å². The average molecular weight is 253 g/mol. The number of anilines is 1. The van der Waals surface area contributed by atoms with E-state index in [4.69, 9.17) is 5.11 Å². The number of hydrogen-bond donors (Lipinski definition) is 1. The van der Waals surface area contributed by atoms with Gasteiger partial charge in [-0.25, -0.2) is 0 Å². The summed E-state index contributed by atoms with van der Waals surface area (Å²) < 4.78 is 0. The predicted octanol–water partition coefficient (Wildman–Crippen LogP) is 3.21. The van der Waals surface area contributed by atoms with Gasteiger partial charge in [0.25, 0.3) is 0 Å². The van der Waals surface area contributed by atoms with E-state index >= 15 is 0 Å². The average Bonchev–Trinajstić information content (AvgIpc) is 2.85. The van der Waals surface area contributed by atoms with Gasteiger partial charge >= 0.3 is 0 Å². The van der Waals surface area contributed by atoms with Gasteiger partial charge in [0.15, 0.2) is 0 Å². The molecule has 1 N–H and O–H groups in total. The van der Waals surface area contributed by atoms with Crippen LogP contribution in [0.4, 0.5) is 5.00 Å². The van der Waals surface area contributed by atoms with Crippen LogP contribution in [0.5, 0.6) is 0 Å². The van der Waals surface area contributed by atoms with Gasteiger partial charge in [-0.3, -0.25) is 0 Å². The molecule has 2 nitrogen and oxygen atoms in total. The van der Waals surface area contributed by atoms with Crippen LogP contribution in [0.2, 0.25) is 0 Å². The third kappa shape index (κ3) is 2.45. The number of aliphatic hydroxyl groups is 1. The minimum absolute atomic E-state index is 0.196. The Kier molecular flexibility index (Phi) is 3.63. The Balaban J connectivity index is 2.19. The molecule has 0 amide bonds. The molecule has 2 aromatic rings. The molecule has 0 fully saturated rings. The molecule has 0 aromatic carbocycles. The van der Waals surface area contributed by atoms with Gasteiger partial charge in [0.05, 0.1) is 11.6 Å². The molecule has 0 aliphatic heterocycles. The molecule has 2 rings (SSSR count). The molecule has 0 atom stereocenters. The molecule has 0 unspecified atom stereocenters. The van der Waals surface area contributed by atoms with E-state index in [1.807, 2.05) is 18.4 Å². The summed E-state index contributed by atoms with van der Waals surface area (Å²) in [6, 6.07) is 8.59. The fourth-order valence-corrected chi connectivity index (χ4v) is 3.44. The molecule has 86 valence electrons. The highest BCUT2D eigenvalue weighted by atomic mass is 32.1. The standard InChI is InChI=1S/C12H15NOS2/c1-9-3-4-10(15-9)11-5-6-12(16-11)13(2)7-8-14/h3-6,14H,7-8H2,1-2H3. The lowest BCUT2D eigenvalue weighted by atomic mass is 10.4. The van der Waals surface area contributed by atoms with Gasteiger partial charge in [-0.2, -0.15) is 0 Å². The zero-order chi connectivity index (χ0) is 11.5. The maximum Gasteiger partial charge on any atom is 0.0913 e. The maximum absolute atomic E-state index is 8.89. The molecular formula is C12H15NOS2. The minimum Gasteiger partial charge on any atom is -0.395 e. The van der Waals surface area contributed by atoms with Gasteiger partial charge in [0, 0.05) is 28.2 Å². The molecule has 0 saturated carbocycles. The van der Waals surface area contributed by atoms with E-state index in [9.17, 15) is 0 Å². The first-order chi connectivity index (χ1) is 7.70. The van der Waals surface area contributed by atoms with Crippen LogP contribution < -0.4 is 4.90 Å². The number of likely N-dealkylation sites (N-methyl/N-ethyl adjacent to an activating group) is 1. The van der Waals surface area contributed by atoms with Gasteiger partial charge in [-0.1, -0.05) is 0 Å². The monoisotopic (exact) mass is 253 g/mol. The molecule has 0 bridgehead atoms. The zero-order valence-electron chi connectivity index (χ0n) is 9.43. The molecule has 16 heavy (non-hydrogen) atoms. The van der Waals surface area contributed by atoms with Crippen molar-refractivity contribution in [1.29, 1.82) is 0 Å². The molecule has 2 heterocycles. The van der Waals surface area contributed by atoms with Crippen molar-refractivity contribution in [3.05, 3.63) is 29.1 Å². The van der Waals surface area contributed by atoms with Crippen molar-refractivity contribution < 1.29 is 5.11 Å². The highest BCUT2D eigenvalue weighted by Crippen LogP contribution is 2.36. The van der Waals surface area contributed by atoms with Crippen molar-refractivity contribution >= 4 is 27.7 Å². The number of thiophene rings is 2. The van der Waals surface area contributed by atoms with E-state index in [0.717, 1.165) is 0 Å². The summed E-state index contributed by atoms with van der Waals surface area (Å²) in [5.41, 5.74) is 0. The number of hydrogen-bond acceptors (Lipinski definition) is 4. The third-order valence-electron chi connectivity index (χ3n) is 2.39. The molecule has 0 aliphatic carbocycles. The van der Waals surface area contributed by atoms with Crippen LogP contribution in [-0.4, -0.2) is 25.3 Å². The van der Waals surface area contributed by atoms with Crippen molar-refractivity contribution in [2.45, 2.75) is 6.92 Å². The van der Waals surface area contributed by atoms with Crippen molar-refractivity contribution in [3.8, 4) is 9.75 Å². The molecular weight excluding hydrogens is 238 g/mol. The molecule has 0 radical (unpaired) electrons. The second kappa shape index (κ2) is 4.99. The Labute approximate surface area is 104 Å². The number of rotatable bonds is 4. The number of aryl methyl sites for hydroxylation is 1. The fraction of sp³-hybridized carbons (Fsp3) is 0.333. The summed E-state index contributed by atoms with van der Waals surface area (Å²) in [5, 5.41) is 10.1. The van der Waals surface area contributed by atoms with Crippen molar-refractivity contribution in [2.24, 2.45) is 0 Å². The fourth-order valence-electron chi connectivity index (χ4n) is 1.49. The van der Waals surface area contributed by atoms with Gasteiger partial charge in [-0.05, 0) is 31.2 Å². The van der Waals surface area contributed by atoms with Crippen LogP contribution in [0.3, 0.4) is 0 Å². The Morgan fingerprint density at radius 2 is 1.81 bits per heavy atom. The summed E-state index contributed by atoms with van der Waals surface area (Å²) in [5.74, 6) is 0. The van der Waals surface area contributed by atoms with E-state index in [2.05, 4.69) is 36.1 Å². The Bertz CT molecular complexity index is 461. The molecule has 0 spiro atoms. The number of nitrogens with zero attached hydrogens (tertiary/aromatic N) is 1. The van der Waals surface area contributed by atoms with Gasteiger partial charge in [0.2, 0.25) is 0 Å². The first-order valence-electron chi connectivity index (χ1n) is 5.19. The summed E-state index contributed by atoms with van der Waals surface area (Å²) in [6.07, 6.45) is 0. The van der Waals surface area contributed by atoms with Gasteiger partial charge < -0.3 is 10.0 Å². The Hall–Kier alpha value is -0.840. The van der Waals surface area contributed by atoms with Crippen molar-refractivity contribution in [2.75, 3.05) is 25.1 Å². The quantitative estimate of drug-likeness (QED) is 0.904. The van der Waals surface area contributed by atoms with Crippen LogP contribution >= 0.6 is 22.7 Å². The normalized spacial score (nSPS) is 10.7.